The highest BCUT2D eigenvalue weighted by Crippen LogP contribution is 2.75. The summed E-state index contributed by atoms with van der Waals surface area (Å²) in [7, 11) is -3.88. The van der Waals surface area contributed by atoms with Crippen LogP contribution in [0.3, 0.4) is 0 Å². The predicted molar refractivity (Wildman–Crippen MR) is 165 cm³/mol. The quantitative estimate of drug-likeness (QED) is 0.459. The molecule has 0 bridgehead atoms. The number of aromatic nitrogens is 1. The van der Waals surface area contributed by atoms with Crippen LogP contribution >= 0.6 is 0 Å². The number of carbonyl (C=O) groups is 2. The molecule has 1 aromatic heterocycles. The van der Waals surface area contributed by atoms with Crippen molar-refractivity contribution in [3.8, 4) is 6.07 Å². The van der Waals surface area contributed by atoms with Gasteiger partial charge < -0.3 is 5.11 Å². The Bertz CT molecular complexity index is 1680. The van der Waals surface area contributed by atoms with Crippen molar-refractivity contribution < 1.29 is 23.1 Å². The lowest BCUT2D eigenvalue weighted by Crippen LogP contribution is -2.74. The lowest BCUT2D eigenvalue weighted by atomic mass is 9.33. The molecule has 6 rings (SSSR count). The van der Waals surface area contributed by atoms with Crippen molar-refractivity contribution in [1.29, 1.82) is 5.26 Å². The second-order valence-electron chi connectivity index (χ2n) is 16.2. The Labute approximate surface area is 261 Å². The van der Waals surface area contributed by atoms with Crippen molar-refractivity contribution in [3.63, 3.8) is 0 Å². The van der Waals surface area contributed by atoms with Crippen LogP contribution in [0.1, 0.15) is 93.4 Å². The van der Waals surface area contributed by atoms with Gasteiger partial charge >= 0.3 is 0 Å². The number of allylic oxidation sites excluding steroid dienone is 3. The van der Waals surface area contributed by atoms with Crippen LogP contribution in [-0.4, -0.2) is 41.2 Å². The maximum absolute atomic E-state index is 14.6. The molecule has 2 N–H and O–H groups in total. The molecule has 0 spiro atoms. The van der Waals surface area contributed by atoms with Crippen LogP contribution in [0.5, 0.6) is 0 Å². The van der Waals surface area contributed by atoms with Crippen LogP contribution in [-0.2, 0) is 19.6 Å². The number of sulfonamides is 1. The number of hydrogen-bond donors (Lipinski definition) is 2. The lowest BCUT2D eigenvalue weighted by Gasteiger charge is -2.71. The molecule has 0 radical (unpaired) electrons. The van der Waals surface area contributed by atoms with Gasteiger partial charge in [-0.1, -0.05) is 47.6 Å². The number of nitrogens with one attached hydrogen (secondary N) is 1. The molecule has 8 atom stereocenters. The molecule has 3 saturated carbocycles. The summed E-state index contributed by atoms with van der Waals surface area (Å²) < 4.78 is 29.8. The molecule has 5 aliphatic rings. The SMILES string of the molecule is CC1(C)C(=O)C(C#N)=C[C@]2(C)C3=CC(=O)[C@]4(O)[C@@H]5C[C@@](C)(NS(=O)(=O)c6cccnc6)CC[C@@]5(C)CC[C@@]4(C)[C@]3(C)CC[C@@H]12. The minimum Gasteiger partial charge on any atom is -0.381 e. The Kier molecular flexibility index (Phi) is 6.55. The molecule has 3 fully saturated rings. The fourth-order valence-corrected chi connectivity index (χ4v) is 12.1. The third-order valence-corrected chi connectivity index (χ3v) is 15.2. The number of rotatable bonds is 3. The van der Waals surface area contributed by atoms with E-state index in [1.165, 1.54) is 18.5 Å². The zero-order valence-corrected chi connectivity index (χ0v) is 27.8. The van der Waals surface area contributed by atoms with Gasteiger partial charge in [-0.15, -0.1) is 0 Å². The van der Waals surface area contributed by atoms with E-state index in [1.807, 2.05) is 20.8 Å². The minimum absolute atomic E-state index is 0.0827. The van der Waals surface area contributed by atoms with Gasteiger partial charge in [0, 0.05) is 40.1 Å². The van der Waals surface area contributed by atoms with Gasteiger partial charge in [0.05, 0.1) is 5.57 Å². The van der Waals surface area contributed by atoms with Crippen molar-refractivity contribution in [2.45, 2.75) is 109 Å². The third-order valence-electron chi connectivity index (χ3n) is 13.6. The topological polar surface area (TPSA) is 137 Å². The number of ketones is 2. The zero-order valence-electron chi connectivity index (χ0n) is 27.0. The van der Waals surface area contributed by atoms with E-state index in [0.29, 0.717) is 32.1 Å². The molecule has 0 amide bonds. The van der Waals surface area contributed by atoms with E-state index in [0.717, 1.165) is 18.4 Å². The highest BCUT2D eigenvalue weighted by molar-refractivity contribution is 7.89. The fourth-order valence-electron chi connectivity index (χ4n) is 10.7. The second-order valence-corrected chi connectivity index (χ2v) is 17.9. The van der Waals surface area contributed by atoms with Crippen molar-refractivity contribution in [2.75, 3.05) is 0 Å². The van der Waals surface area contributed by atoms with E-state index in [1.54, 1.807) is 18.2 Å². The number of nitriles is 1. The largest absolute Gasteiger partial charge is 0.381 e. The second kappa shape index (κ2) is 9.20. The van der Waals surface area contributed by atoms with Gasteiger partial charge in [-0.05, 0) is 92.4 Å². The average molecular weight is 620 g/mol. The highest BCUT2D eigenvalue weighted by Gasteiger charge is 2.75. The molecule has 5 aliphatic carbocycles. The first-order valence-corrected chi connectivity index (χ1v) is 17.3. The molecule has 1 heterocycles. The molecule has 0 unspecified atom stereocenters. The summed E-state index contributed by atoms with van der Waals surface area (Å²) in [6.07, 6.45) is 10.8. The van der Waals surface area contributed by atoms with Crippen LogP contribution < -0.4 is 4.72 Å². The monoisotopic (exact) mass is 619 g/mol. The van der Waals surface area contributed by atoms with E-state index in [-0.39, 0.29) is 33.4 Å². The third kappa shape index (κ3) is 3.80. The average Bonchev–Trinajstić information content (AvgIpc) is 2.95. The molecule has 236 valence electrons. The molecule has 1 aromatic rings. The van der Waals surface area contributed by atoms with E-state index in [4.69, 9.17) is 0 Å². The van der Waals surface area contributed by atoms with Crippen molar-refractivity contribution in [3.05, 3.63) is 47.8 Å². The molecular weight excluding hydrogens is 574 g/mol. The van der Waals surface area contributed by atoms with E-state index in [9.17, 15) is 28.4 Å². The van der Waals surface area contributed by atoms with E-state index >= 15 is 0 Å². The Morgan fingerprint density at radius 3 is 2.32 bits per heavy atom. The predicted octanol–water partition coefficient (Wildman–Crippen LogP) is 5.45. The molecule has 0 aromatic carbocycles. The molecule has 0 aliphatic heterocycles. The van der Waals surface area contributed by atoms with Crippen LogP contribution in [0.25, 0.3) is 0 Å². The summed E-state index contributed by atoms with van der Waals surface area (Å²) in [5.74, 6) is -1.06. The molecule has 8 nitrogen and oxygen atoms in total. The zero-order chi connectivity index (χ0) is 32.4. The number of hydrogen-bond acceptors (Lipinski definition) is 7. The first kappa shape index (κ1) is 31.3. The summed E-state index contributed by atoms with van der Waals surface area (Å²) in [5, 5.41) is 23.0. The molecular formula is C35H45N3O5S. The van der Waals surface area contributed by atoms with Gasteiger partial charge in [0.15, 0.2) is 11.6 Å². The standard InChI is InChI=1S/C35H45N3O5S/c1-29(2)24-10-11-33(6)25(32(24,5)18-22(20-36)28(29)40)17-27(39)35(41)26-19-31(4,14-12-30(26,3)13-15-34(33,35)7)38-44(42,43)23-9-8-16-37-21-23/h8-9,16-18,21,24,26,38,41H,10-15,19H2,1-7H3/t24-,26+,30-,31-,32-,33+,34-,35+/m0/s1. The van der Waals surface area contributed by atoms with Gasteiger partial charge in [0.1, 0.15) is 16.6 Å². The Hall–Kier alpha value is -2.67. The Balaban J connectivity index is 1.46. The summed E-state index contributed by atoms with van der Waals surface area (Å²) in [5.41, 5.74) is -4.79. The summed E-state index contributed by atoms with van der Waals surface area (Å²) in [6.45, 7) is 14.1. The molecule has 9 heteroatoms. The first-order valence-electron chi connectivity index (χ1n) is 15.9. The Morgan fingerprint density at radius 1 is 1.00 bits per heavy atom. The number of aliphatic hydroxyl groups is 1. The van der Waals surface area contributed by atoms with Crippen LogP contribution in [0.2, 0.25) is 0 Å². The maximum atomic E-state index is 14.6. The number of nitrogens with zero attached hydrogens (tertiary/aromatic N) is 2. The summed E-state index contributed by atoms with van der Waals surface area (Å²) >= 11 is 0. The number of fused-ring (bicyclic) bond motifs is 7. The van der Waals surface area contributed by atoms with Crippen molar-refractivity contribution >= 4 is 21.6 Å². The summed E-state index contributed by atoms with van der Waals surface area (Å²) in [6, 6.07) is 5.23. The van der Waals surface area contributed by atoms with Crippen LogP contribution in [0.15, 0.2) is 52.7 Å². The smallest absolute Gasteiger partial charge is 0.242 e. The van der Waals surface area contributed by atoms with E-state index < -0.39 is 48.7 Å². The number of Topliss-reactive ketones (excluding diaryl/α,β-unsaturated/α-hetero) is 1. The van der Waals surface area contributed by atoms with Crippen molar-refractivity contribution in [2.24, 2.45) is 38.9 Å². The van der Waals surface area contributed by atoms with Crippen LogP contribution in [0, 0.1) is 50.2 Å². The number of carbonyl (C=O) groups excluding carboxylic acids is 2. The normalized spacial score (nSPS) is 44.6. The van der Waals surface area contributed by atoms with Gasteiger partial charge in [-0.3, -0.25) is 14.6 Å². The molecule has 0 saturated heterocycles. The van der Waals surface area contributed by atoms with Gasteiger partial charge in [0.25, 0.3) is 0 Å². The first-order chi connectivity index (χ1) is 20.2. The van der Waals surface area contributed by atoms with Crippen molar-refractivity contribution in [1.82, 2.24) is 9.71 Å². The summed E-state index contributed by atoms with van der Waals surface area (Å²) in [4.78, 5) is 32.0. The van der Waals surface area contributed by atoms with Gasteiger partial charge in [0.2, 0.25) is 10.0 Å². The highest BCUT2D eigenvalue weighted by atomic mass is 32.2. The van der Waals surface area contributed by atoms with Gasteiger partial charge in [-0.2, -0.15) is 5.26 Å². The lowest BCUT2D eigenvalue weighted by molar-refractivity contribution is -0.239. The minimum atomic E-state index is -3.88. The Morgan fingerprint density at radius 2 is 1.68 bits per heavy atom. The van der Waals surface area contributed by atoms with Gasteiger partial charge in [-0.25, -0.2) is 13.1 Å². The molecule has 44 heavy (non-hydrogen) atoms. The van der Waals surface area contributed by atoms with E-state index in [2.05, 4.69) is 43.5 Å². The number of pyridine rings is 1. The van der Waals surface area contributed by atoms with Crippen LogP contribution in [0.4, 0.5) is 0 Å². The fraction of sp³-hybridized carbons (Fsp3) is 0.657. The maximum Gasteiger partial charge on any atom is 0.242 e.